The Hall–Kier alpha value is -0.790. The lowest BCUT2D eigenvalue weighted by Crippen LogP contribution is -2.01. The molecule has 0 atom stereocenters. The highest BCUT2D eigenvalue weighted by Gasteiger charge is 1.93. The molecule has 0 unspecified atom stereocenters. The molecule has 70 valence electrons. The molecule has 0 aliphatic heterocycles. The summed E-state index contributed by atoms with van der Waals surface area (Å²) < 4.78 is 12.5. The second-order valence-corrected chi connectivity index (χ2v) is 3.00. The summed E-state index contributed by atoms with van der Waals surface area (Å²) in [5, 5.41) is 0.628. The van der Waals surface area contributed by atoms with Crippen LogP contribution in [0.4, 0.5) is 4.48 Å². The SMILES string of the molecule is CCC/C=C(C)/C=C(/C)N(C)F. The quantitative estimate of drug-likeness (QED) is 0.462. The molecule has 0 N–H and O–H groups in total. The Balaban J connectivity index is 4.12. The van der Waals surface area contributed by atoms with E-state index in [9.17, 15) is 4.48 Å². The van der Waals surface area contributed by atoms with Crippen LogP contribution in [0.3, 0.4) is 0 Å². The van der Waals surface area contributed by atoms with Gasteiger partial charge in [0.2, 0.25) is 0 Å². The number of hydrogen-bond acceptors (Lipinski definition) is 1. The van der Waals surface area contributed by atoms with Gasteiger partial charge in [0.1, 0.15) is 0 Å². The molecule has 2 heteroatoms. The summed E-state index contributed by atoms with van der Waals surface area (Å²) in [5.41, 5.74) is 1.76. The summed E-state index contributed by atoms with van der Waals surface area (Å²) in [6, 6.07) is 0. The fraction of sp³-hybridized carbons (Fsp3) is 0.600. The number of allylic oxidation sites excluding steroid dienone is 4. The summed E-state index contributed by atoms with van der Waals surface area (Å²) in [4.78, 5) is 0. The van der Waals surface area contributed by atoms with Gasteiger partial charge in [0.25, 0.3) is 0 Å². The van der Waals surface area contributed by atoms with Crippen LogP contribution in [0.2, 0.25) is 0 Å². The van der Waals surface area contributed by atoms with Gasteiger partial charge in [0.15, 0.2) is 0 Å². The van der Waals surface area contributed by atoms with Crippen LogP contribution < -0.4 is 0 Å². The normalized spacial score (nSPS) is 13.4. The first kappa shape index (κ1) is 11.2. The molecule has 0 aromatic rings. The van der Waals surface area contributed by atoms with Crippen LogP contribution >= 0.6 is 0 Å². The van der Waals surface area contributed by atoms with E-state index in [1.807, 2.05) is 13.0 Å². The van der Waals surface area contributed by atoms with Gasteiger partial charge in [-0.3, -0.25) is 0 Å². The molecule has 0 aromatic carbocycles. The molecule has 0 saturated heterocycles. The van der Waals surface area contributed by atoms with E-state index in [0.29, 0.717) is 10.8 Å². The molecule has 0 heterocycles. The Kier molecular flexibility index (Phi) is 5.43. The zero-order valence-electron chi connectivity index (χ0n) is 8.39. The average Bonchev–Trinajstić information content (AvgIpc) is 2.00. The van der Waals surface area contributed by atoms with E-state index in [1.165, 1.54) is 7.05 Å². The molecule has 0 aliphatic rings. The van der Waals surface area contributed by atoms with Crippen molar-refractivity contribution in [2.75, 3.05) is 7.05 Å². The van der Waals surface area contributed by atoms with Gasteiger partial charge < -0.3 is 0 Å². The van der Waals surface area contributed by atoms with Crippen molar-refractivity contribution in [2.45, 2.75) is 33.6 Å². The first-order valence-corrected chi connectivity index (χ1v) is 4.32. The van der Waals surface area contributed by atoms with Gasteiger partial charge in [0.05, 0.1) is 0 Å². The van der Waals surface area contributed by atoms with Gasteiger partial charge in [-0.15, -0.1) is 4.48 Å². The Morgan fingerprint density at radius 3 is 2.42 bits per heavy atom. The van der Waals surface area contributed by atoms with Crippen LogP contribution in [0.15, 0.2) is 23.4 Å². The van der Waals surface area contributed by atoms with Gasteiger partial charge in [-0.2, -0.15) is 0 Å². The highest BCUT2D eigenvalue weighted by Crippen LogP contribution is 2.06. The number of hydrogen-bond donors (Lipinski definition) is 0. The summed E-state index contributed by atoms with van der Waals surface area (Å²) >= 11 is 0. The zero-order chi connectivity index (χ0) is 9.56. The van der Waals surface area contributed by atoms with Gasteiger partial charge in [-0.25, -0.2) is 5.12 Å². The van der Waals surface area contributed by atoms with E-state index in [2.05, 4.69) is 13.0 Å². The van der Waals surface area contributed by atoms with Gasteiger partial charge in [-0.1, -0.05) is 25.0 Å². The van der Waals surface area contributed by atoms with E-state index in [1.54, 1.807) is 6.92 Å². The van der Waals surface area contributed by atoms with E-state index in [4.69, 9.17) is 0 Å². The molecule has 0 saturated carbocycles. The average molecular weight is 171 g/mol. The standard InChI is InChI=1S/C10H18FN/c1-5-6-7-9(2)8-10(3)12(4)11/h7-8H,5-6H2,1-4H3/b9-7+,10-8-. The Labute approximate surface area is 74.5 Å². The van der Waals surface area contributed by atoms with Crippen molar-refractivity contribution in [3.63, 3.8) is 0 Å². The third-order valence-electron chi connectivity index (χ3n) is 1.68. The van der Waals surface area contributed by atoms with E-state index < -0.39 is 0 Å². The third kappa shape index (κ3) is 4.94. The number of halogens is 1. The van der Waals surface area contributed by atoms with Crippen molar-refractivity contribution in [3.8, 4) is 0 Å². The van der Waals surface area contributed by atoms with Crippen LogP contribution in [-0.2, 0) is 0 Å². The van der Waals surface area contributed by atoms with Crippen molar-refractivity contribution in [1.29, 1.82) is 0 Å². The molecule has 0 aromatic heterocycles. The zero-order valence-corrected chi connectivity index (χ0v) is 8.39. The molecular formula is C10H18FN. The van der Waals surface area contributed by atoms with Crippen LogP contribution in [0.1, 0.15) is 33.6 Å². The molecule has 1 nitrogen and oxygen atoms in total. The smallest absolute Gasteiger partial charge is 0.0429 e. The lowest BCUT2D eigenvalue weighted by atomic mass is 10.2. The van der Waals surface area contributed by atoms with E-state index in [0.717, 1.165) is 18.4 Å². The fourth-order valence-corrected chi connectivity index (χ4v) is 0.849. The van der Waals surface area contributed by atoms with Gasteiger partial charge in [-0.05, 0) is 26.3 Å². The molecule has 0 spiro atoms. The lowest BCUT2D eigenvalue weighted by molar-refractivity contribution is 0.108. The highest BCUT2D eigenvalue weighted by atomic mass is 19.2. The number of rotatable bonds is 4. The van der Waals surface area contributed by atoms with Crippen molar-refractivity contribution in [1.82, 2.24) is 5.12 Å². The summed E-state index contributed by atoms with van der Waals surface area (Å²) in [6.07, 6.45) is 6.16. The van der Waals surface area contributed by atoms with Crippen molar-refractivity contribution >= 4 is 0 Å². The number of nitrogens with zero attached hydrogens (tertiary/aromatic N) is 1. The fourth-order valence-electron chi connectivity index (χ4n) is 0.849. The van der Waals surface area contributed by atoms with Crippen molar-refractivity contribution in [2.24, 2.45) is 0 Å². The topological polar surface area (TPSA) is 3.24 Å². The third-order valence-corrected chi connectivity index (χ3v) is 1.68. The van der Waals surface area contributed by atoms with E-state index >= 15 is 0 Å². The molecule has 0 bridgehead atoms. The maximum atomic E-state index is 12.5. The van der Waals surface area contributed by atoms with Crippen molar-refractivity contribution < 1.29 is 4.48 Å². The first-order valence-electron chi connectivity index (χ1n) is 4.32. The van der Waals surface area contributed by atoms with E-state index in [-0.39, 0.29) is 0 Å². The predicted octanol–water partition coefficient (Wildman–Crippen LogP) is 3.45. The van der Waals surface area contributed by atoms with Gasteiger partial charge in [0, 0.05) is 12.7 Å². The summed E-state index contributed by atoms with van der Waals surface area (Å²) in [7, 11) is 1.40. The maximum absolute atomic E-state index is 12.5. The molecule has 0 radical (unpaired) electrons. The maximum Gasteiger partial charge on any atom is 0.0429 e. The monoisotopic (exact) mass is 171 g/mol. The second kappa shape index (κ2) is 5.81. The molecular weight excluding hydrogens is 153 g/mol. The molecule has 0 amide bonds. The predicted molar refractivity (Wildman–Crippen MR) is 51.3 cm³/mol. The van der Waals surface area contributed by atoms with Gasteiger partial charge >= 0.3 is 0 Å². The van der Waals surface area contributed by atoms with Crippen LogP contribution in [0.5, 0.6) is 0 Å². The van der Waals surface area contributed by atoms with Crippen LogP contribution in [0, 0.1) is 0 Å². The number of unbranched alkanes of at least 4 members (excludes halogenated alkanes) is 1. The Morgan fingerprint density at radius 1 is 1.42 bits per heavy atom. The molecule has 12 heavy (non-hydrogen) atoms. The minimum Gasteiger partial charge on any atom is -0.219 e. The lowest BCUT2D eigenvalue weighted by Gasteiger charge is -2.06. The highest BCUT2D eigenvalue weighted by molar-refractivity contribution is 5.19. The van der Waals surface area contributed by atoms with Crippen LogP contribution in [0.25, 0.3) is 0 Å². The summed E-state index contributed by atoms with van der Waals surface area (Å²) in [6.45, 7) is 5.87. The second-order valence-electron chi connectivity index (χ2n) is 3.00. The molecule has 0 rings (SSSR count). The largest absolute Gasteiger partial charge is 0.219 e. The molecule has 0 aliphatic carbocycles. The minimum absolute atomic E-state index is 0.628. The van der Waals surface area contributed by atoms with Crippen molar-refractivity contribution in [3.05, 3.63) is 23.4 Å². The Morgan fingerprint density at radius 2 is 2.00 bits per heavy atom. The minimum atomic E-state index is 0.628. The summed E-state index contributed by atoms with van der Waals surface area (Å²) in [5.74, 6) is 0. The Bertz CT molecular complexity index is 180. The van der Waals surface area contributed by atoms with Crippen LogP contribution in [-0.4, -0.2) is 12.2 Å². The molecule has 0 fully saturated rings. The first-order chi connectivity index (χ1) is 5.57.